The van der Waals surface area contributed by atoms with Crippen LogP contribution < -0.4 is 5.43 Å². The van der Waals surface area contributed by atoms with E-state index in [1.54, 1.807) is 12.3 Å². The minimum Gasteiger partial charge on any atom is -0.285 e. The van der Waals surface area contributed by atoms with Crippen molar-refractivity contribution in [3.05, 3.63) is 71.3 Å². The van der Waals surface area contributed by atoms with E-state index in [0.29, 0.717) is 16.5 Å². The molecule has 0 spiro atoms. The molecule has 1 fully saturated rings. The molecule has 0 saturated carbocycles. The smallest absolute Gasteiger partial charge is 0.265 e. The maximum atomic E-state index is 12.7. The van der Waals surface area contributed by atoms with Crippen LogP contribution in [0.25, 0.3) is 22.3 Å². The minimum absolute atomic E-state index is 0.0345. The highest BCUT2D eigenvalue weighted by Crippen LogP contribution is 2.32. The summed E-state index contributed by atoms with van der Waals surface area (Å²) in [7, 11) is 0. The molecule has 0 aliphatic carbocycles. The average molecular weight is 463 g/mol. The highest BCUT2D eigenvalue weighted by atomic mass is 35.5. The number of carbonyl (C=O) groups is 1. The van der Waals surface area contributed by atoms with Crippen molar-refractivity contribution in [1.29, 1.82) is 0 Å². The molecule has 4 rings (SSSR count). The molecule has 3 aromatic rings. The van der Waals surface area contributed by atoms with Gasteiger partial charge >= 0.3 is 0 Å². The molecule has 1 aliphatic heterocycles. The summed E-state index contributed by atoms with van der Waals surface area (Å²) in [5.41, 5.74) is 8.37. The third-order valence-electron chi connectivity index (χ3n) is 6.19. The van der Waals surface area contributed by atoms with E-state index in [0.717, 1.165) is 53.9 Å². The van der Waals surface area contributed by atoms with E-state index in [1.165, 1.54) is 0 Å². The molecule has 5 nitrogen and oxygen atoms in total. The summed E-state index contributed by atoms with van der Waals surface area (Å²) < 4.78 is 0. The second-order valence-electron chi connectivity index (χ2n) is 9.95. The molecular weight excluding hydrogens is 432 g/mol. The number of aromatic nitrogens is 2. The summed E-state index contributed by atoms with van der Waals surface area (Å²) in [6, 6.07) is 11.6. The minimum atomic E-state index is -0.128. The summed E-state index contributed by atoms with van der Waals surface area (Å²) in [5, 5.41) is 2.52. The Morgan fingerprint density at radius 1 is 1.03 bits per heavy atom. The fourth-order valence-electron chi connectivity index (χ4n) is 3.98. The molecule has 1 saturated heterocycles. The van der Waals surface area contributed by atoms with Gasteiger partial charge in [0.25, 0.3) is 5.91 Å². The normalized spacial score (nSPS) is 15.4. The van der Waals surface area contributed by atoms with Gasteiger partial charge in [-0.3, -0.25) is 20.2 Å². The number of pyridine rings is 2. The number of carbonyl (C=O) groups excluding carboxylic acids is 1. The Labute approximate surface area is 201 Å². The first kappa shape index (κ1) is 23.4. The van der Waals surface area contributed by atoms with Crippen LogP contribution >= 0.6 is 11.6 Å². The van der Waals surface area contributed by atoms with Crippen molar-refractivity contribution in [3.63, 3.8) is 0 Å². The molecule has 0 radical (unpaired) electrons. The van der Waals surface area contributed by atoms with Gasteiger partial charge < -0.3 is 0 Å². The summed E-state index contributed by atoms with van der Waals surface area (Å²) in [4.78, 5) is 21.7. The number of nitrogens with one attached hydrogen (secondary N) is 1. The van der Waals surface area contributed by atoms with Gasteiger partial charge in [0.2, 0.25) is 0 Å². The first-order chi connectivity index (χ1) is 15.7. The molecule has 1 aromatic carbocycles. The molecule has 0 unspecified atom stereocenters. The van der Waals surface area contributed by atoms with E-state index in [-0.39, 0.29) is 11.3 Å². The molecule has 1 amide bonds. The maximum Gasteiger partial charge on any atom is 0.265 e. The number of rotatable bonds is 4. The first-order valence-electron chi connectivity index (χ1n) is 11.5. The lowest BCUT2D eigenvalue weighted by atomic mass is 9.90. The van der Waals surface area contributed by atoms with Gasteiger partial charge in [-0.25, -0.2) is 5.01 Å². The van der Waals surface area contributed by atoms with Crippen LogP contribution in [0.15, 0.2) is 55.0 Å². The van der Waals surface area contributed by atoms with Crippen molar-refractivity contribution in [2.75, 3.05) is 13.1 Å². The standard InChI is InChI=1S/C27H31ClN4O/c1-18-8-11-32(12-9-18)31-26(33)20-5-6-23(24(28)14-20)22-13-21(16-29-17-22)19-7-10-30-25(15-19)27(2,3)4/h5-7,10,13-18H,8-9,11-12H2,1-4H3,(H,31,33). The molecule has 2 aromatic heterocycles. The Morgan fingerprint density at radius 3 is 2.45 bits per heavy atom. The second kappa shape index (κ2) is 9.62. The van der Waals surface area contributed by atoms with Crippen LogP contribution in [0.5, 0.6) is 0 Å². The predicted molar refractivity (Wildman–Crippen MR) is 134 cm³/mol. The van der Waals surface area contributed by atoms with Gasteiger partial charge in [-0.2, -0.15) is 0 Å². The summed E-state index contributed by atoms with van der Waals surface area (Å²) in [5.74, 6) is 0.583. The van der Waals surface area contributed by atoms with Crippen molar-refractivity contribution in [2.45, 2.75) is 46.0 Å². The molecule has 0 bridgehead atoms. The number of hydrazine groups is 1. The number of hydrogen-bond acceptors (Lipinski definition) is 4. The van der Waals surface area contributed by atoms with E-state index in [2.05, 4.69) is 55.2 Å². The maximum absolute atomic E-state index is 12.7. The van der Waals surface area contributed by atoms with Gasteiger partial charge in [0.15, 0.2) is 0 Å². The number of benzene rings is 1. The molecular formula is C27H31ClN4O. The van der Waals surface area contributed by atoms with Crippen LogP contribution in [0.1, 0.15) is 56.6 Å². The van der Waals surface area contributed by atoms with Gasteiger partial charge in [-0.15, -0.1) is 0 Å². The third kappa shape index (κ3) is 5.60. The van der Waals surface area contributed by atoms with E-state index < -0.39 is 0 Å². The molecule has 0 atom stereocenters. The Hall–Kier alpha value is -2.76. The summed E-state index contributed by atoms with van der Waals surface area (Å²) in [6.45, 7) is 10.5. The monoisotopic (exact) mass is 462 g/mol. The van der Waals surface area contributed by atoms with Crippen molar-refractivity contribution in [2.24, 2.45) is 5.92 Å². The van der Waals surface area contributed by atoms with Crippen LogP contribution in [-0.2, 0) is 5.41 Å². The zero-order valence-corrected chi connectivity index (χ0v) is 20.5. The topological polar surface area (TPSA) is 58.1 Å². The Kier molecular flexibility index (Phi) is 6.82. The van der Waals surface area contributed by atoms with Gasteiger partial charge in [0.1, 0.15) is 0 Å². The van der Waals surface area contributed by atoms with E-state index in [1.807, 2.05) is 35.6 Å². The molecule has 3 heterocycles. The van der Waals surface area contributed by atoms with Crippen molar-refractivity contribution < 1.29 is 4.79 Å². The number of piperidine rings is 1. The zero-order valence-electron chi connectivity index (χ0n) is 19.7. The highest BCUT2D eigenvalue weighted by molar-refractivity contribution is 6.33. The number of amides is 1. The predicted octanol–water partition coefficient (Wildman–Crippen LogP) is 6.14. The van der Waals surface area contributed by atoms with Gasteiger partial charge in [-0.05, 0) is 54.7 Å². The Balaban J connectivity index is 1.55. The lowest BCUT2D eigenvalue weighted by Crippen LogP contribution is -2.46. The number of nitrogens with zero attached hydrogens (tertiary/aromatic N) is 3. The third-order valence-corrected chi connectivity index (χ3v) is 6.50. The van der Waals surface area contributed by atoms with Crippen molar-refractivity contribution in [3.8, 4) is 22.3 Å². The Bertz CT molecular complexity index is 1150. The molecule has 33 heavy (non-hydrogen) atoms. The molecule has 172 valence electrons. The van der Waals surface area contributed by atoms with Crippen LogP contribution in [0.2, 0.25) is 5.02 Å². The molecule has 1 N–H and O–H groups in total. The van der Waals surface area contributed by atoms with Gasteiger partial charge in [-0.1, -0.05) is 45.4 Å². The zero-order chi connectivity index (χ0) is 23.6. The van der Waals surface area contributed by atoms with E-state index in [4.69, 9.17) is 11.6 Å². The fourth-order valence-corrected chi connectivity index (χ4v) is 4.27. The molecule has 1 aliphatic rings. The lowest BCUT2D eigenvalue weighted by Gasteiger charge is -2.30. The molecule has 6 heteroatoms. The first-order valence-corrected chi connectivity index (χ1v) is 11.9. The lowest BCUT2D eigenvalue weighted by molar-refractivity contribution is 0.0712. The average Bonchev–Trinajstić information content (AvgIpc) is 2.80. The van der Waals surface area contributed by atoms with Crippen LogP contribution in [0, 0.1) is 5.92 Å². The van der Waals surface area contributed by atoms with E-state index >= 15 is 0 Å². The Morgan fingerprint density at radius 2 is 1.76 bits per heavy atom. The van der Waals surface area contributed by atoms with Gasteiger partial charge in [0.05, 0.1) is 0 Å². The second-order valence-corrected chi connectivity index (χ2v) is 10.4. The summed E-state index contributed by atoms with van der Waals surface area (Å²) >= 11 is 6.62. The summed E-state index contributed by atoms with van der Waals surface area (Å²) in [6.07, 6.45) is 7.67. The highest BCUT2D eigenvalue weighted by Gasteiger charge is 2.19. The fraction of sp³-hybridized carbons (Fsp3) is 0.370. The van der Waals surface area contributed by atoms with Crippen molar-refractivity contribution >= 4 is 17.5 Å². The quantitative estimate of drug-likeness (QED) is 0.506. The van der Waals surface area contributed by atoms with Gasteiger partial charge in [0, 0.05) is 70.1 Å². The van der Waals surface area contributed by atoms with Crippen LogP contribution in [0.3, 0.4) is 0 Å². The van der Waals surface area contributed by atoms with Crippen LogP contribution in [0.4, 0.5) is 0 Å². The van der Waals surface area contributed by atoms with E-state index in [9.17, 15) is 4.79 Å². The number of hydrogen-bond donors (Lipinski definition) is 1. The van der Waals surface area contributed by atoms with Crippen LogP contribution in [-0.4, -0.2) is 34.0 Å². The SMILES string of the molecule is CC1CCN(NC(=O)c2ccc(-c3cncc(-c4ccnc(C(C)(C)C)c4)c3)c(Cl)c2)CC1. The number of halogens is 1. The largest absolute Gasteiger partial charge is 0.285 e. The van der Waals surface area contributed by atoms with Crippen molar-refractivity contribution in [1.82, 2.24) is 20.4 Å².